The van der Waals surface area contributed by atoms with Gasteiger partial charge >= 0.3 is 0 Å². The van der Waals surface area contributed by atoms with Crippen molar-refractivity contribution in [2.24, 2.45) is 17.8 Å². The summed E-state index contributed by atoms with van der Waals surface area (Å²) in [6, 6.07) is 57.8. The topological polar surface area (TPSA) is 16.4 Å². The van der Waals surface area contributed by atoms with Gasteiger partial charge in [-0.15, -0.1) is 0 Å². The van der Waals surface area contributed by atoms with Gasteiger partial charge in [0.05, 0.1) is 0 Å². The monoisotopic (exact) mass is 671 g/mol. The van der Waals surface area contributed by atoms with Crippen molar-refractivity contribution in [2.75, 3.05) is 4.90 Å². The van der Waals surface area contributed by atoms with Gasteiger partial charge < -0.3 is 9.32 Å². The van der Waals surface area contributed by atoms with Crippen LogP contribution in [-0.2, 0) is 0 Å². The lowest BCUT2D eigenvalue weighted by atomic mass is 9.52. The van der Waals surface area contributed by atoms with Gasteiger partial charge in [-0.05, 0) is 119 Å². The minimum absolute atomic E-state index is 0.227. The quantitative estimate of drug-likeness (QED) is 0.164. The standard InChI is InChI=1S/C50H41NO/c1-4-12-37(13-5-1)46-47-43-25-22-39(29-45(43)42-18-10-11-19-44(42)49(47)52-48(46)38-14-6-2-7-15-38)36-20-23-41(24-21-36)51(40-16-8-3-9-17-40)50-30-33-26-34(31-50)28-35(27-33)32-50/h1-25,29,33-35H,26-28,30-32H2. The zero-order valence-electron chi connectivity index (χ0n) is 29.3. The molecule has 0 atom stereocenters. The van der Waals surface area contributed by atoms with Crippen LogP contribution in [0.3, 0.4) is 0 Å². The lowest BCUT2D eigenvalue weighted by molar-refractivity contribution is 0.000557. The SMILES string of the molecule is c1ccc(-c2oc3c4ccccc4c4cc(-c5ccc(N(c6ccccc6)C67CC8CC(CC(C8)C6)C7)cc5)ccc4c3c2-c2ccccc2)cc1. The van der Waals surface area contributed by atoms with E-state index >= 15 is 0 Å². The van der Waals surface area contributed by atoms with Crippen LogP contribution in [0.2, 0.25) is 0 Å². The third-order valence-electron chi connectivity index (χ3n) is 12.7. The number of benzene rings is 7. The molecular formula is C50H41NO. The number of furan rings is 1. The molecular weight excluding hydrogens is 631 g/mol. The molecule has 2 heteroatoms. The van der Waals surface area contributed by atoms with Crippen molar-refractivity contribution in [1.82, 2.24) is 0 Å². The van der Waals surface area contributed by atoms with Gasteiger partial charge in [0.1, 0.15) is 11.3 Å². The van der Waals surface area contributed by atoms with Crippen LogP contribution in [0.1, 0.15) is 38.5 Å². The molecule has 12 rings (SSSR count). The lowest BCUT2D eigenvalue weighted by Crippen LogP contribution is -2.58. The van der Waals surface area contributed by atoms with E-state index in [9.17, 15) is 0 Å². The van der Waals surface area contributed by atoms with Crippen molar-refractivity contribution in [1.29, 1.82) is 0 Å². The highest BCUT2D eigenvalue weighted by atomic mass is 16.3. The predicted octanol–water partition coefficient (Wildman–Crippen LogP) is 13.8. The summed E-state index contributed by atoms with van der Waals surface area (Å²) in [6.45, 7) is 0. The summed E-state index contributed by atoms with van der Waals surface area (Å²) >= 11 is 0. The number of anilines is 2. The summed E-state index contributed by atoms with van der Waals surface area (Å²) in [7, 11) is 0. The Balaban J connectivity index is 1.06. The first-order valence-electron chi connectivity index (χ1n) is 19.2. The second-order valence-electron chi connectivity index (χ2n) is 15.9. The molecule has 0 aliphatic heterocycles. The van der Waals surface area contributed by atoms with Crippen molar-refractivity contribution < 1.29 is 4.42 Å². The van der Waals surface area contributed by atoms with Crippen LogP contribution >= 0.6 is 0 Å². The Morgan fingerprint density at radius 3 is 1.63 bits per heavy atom. The number of hydrogen-bond acceptors (Lipinski definition) is 2. The molecule has 252 valence electrons. The van der Waals surface area contributed by atoms with E-state index in [0.717, 1.165) is 45.6 Å². The lowest BCUT2D eigenvalue weighted by Gasteiger charge is -2.61. The average Bonchev–Trinajstić information content (AvgIpc) is 3.60. The summed E-state index contributed by atoms with van der Waals surface area (Å²) in [5, 5.41) is 6.01. The predicted molar refractivity (Wildman–Crippen MR) is 217 cm³/mol. The number of para-hydroxylation sites is 1. The van der Waals surface area contributed by atoms with E-state index in [-0.39, 0.29) is 5.54 Å². The Kier molecular flexibility index (Phi) is 6.77. The summed E-state index contributed by atoms with van der Waals surface area (Å²) < 4.78 is 6.93. The fourth-order valence-electron chi connectivity index (χ4n) is 11.0. The zero-order valence-corrected chi connectivity index (χ0v) is 29.3. The number of nitrogens with zero attached hydrogens (tertiary/aromatic N) is 1. The van der Waals surface area contributed by atoms with E-state index < -0.39 is 0 Å². The molecule has 4 aliphatic carbocycles. The maximum atomic E-state index is 6.93. The van der Waals surface area contributed by atoms with Crippen molar-refractivity contribution in [2.45, 2.75) is 44.1 Å². The molecule has 0 unspecified atom stereocenters. The molecule has 0 radical (unpaired) electrons. The van der Waals surface area contributed by atoms with E-state index in [4.69, 9.17) is 4.42 Å². The molecule has 0 spiro atoms. The van der Waals surface area contributed by atoms with Gasteiger partial charge in [0.15, 0.2) is 0 Å². The van der Waals surface area contributed by atoms with Gasteiger partial charge in [-0.1, -0.05) is 127 Å². The molecule has 4 bridgehead atoms. The first-order valence-corrected chi connectivity index (χ1v) is 19.2. The maximum absolute atomic E-state index is 6.93. The summed E-state index contributed by atoms with van der Waals surface area (Å²) in [6.07, 6.45) is 8.32. The molecule has 52 heavy (non-hydrogen) atoms. The van der Waals surface area contributed by atoms with Crippen molar-refractivity contribution in [3.63, 3.8) is 0 Å². The fraction of sp³-hybridized carbons (Fsp3) is 0.200. The van der Waals surface area contributed by atoms with E-state index in [1.165, 1.54) is 88.1 Å². The normalized spacial score (nSPS) is 22.0. The number of hydrogen-bond donors (Lipinski definition) is 0. The van der Waals surface area contributed by atoms with Crippen molar-refractivity contribution in [3.8, 4) is 33.6 Å². The van der Waals surface area contributed by atoms with Crippen LogP contribution in [0.15, 0.2) is 162 Å². The highest BCUT2D eigenvalue weighted by Crippen LogP contribution is 2.60. The van der Waals surface area contributed by atoms with E-state index in [1.54, 1.807) is 0 Å². The van der Waals surface area contributed by atoms with E-state index in [0.29, 0.717) is 0 Å². The Labute approximate surface area is 305 Å². The third-order valence-corrected chi connectivity index (χ3v) is 12.7. The summed E-state index contributed by atoms with van der Waals surface area (Å²) in [5.41, 5.74) is 9.72. The van der Waals surface area contributed by atoms with Gasteiger partial charge in [0, 0.05) is 38.8 Å². The number of fused-ring (bicyclic) bond motifs is 6. The Morgan fingerprint density at radius 1 is 0.442 bits per heavy atom. The van der Waals surface area contributed by atoms with Gasteiger partial charge in [-0.3, -0.25) is 0 Å². The maximum Gasteiger partial charge on any atom is 0.143 e. The van der Waals surface area contributed by atoms with Crippen LogP contribution < -0.4 is 4.90 Å². The smallest absolute Gasteiger partial charge is 0.143 e. The van der Waals surface area contributed by atoms with Gasteiger partial charge in [-0.2, -0.15) is 0 Å². The molecule has 1 heterocycles. The first kappa shape index (κ1) is 30.1. The minimum atomic E-state index is 0.227. The molecule has 1 aromatic heterocycles. The van der Waals surface area contributed by atoms with Crippen molar-refractivity contribution >= 4 is 43.9 Å². The second-order valence-corrected chi connectivity index (χ2v) is 15.9. The van der Waals surface area contributed by atoms with Crippen LogP contribution in [0.5, 0.6) is 0 Å². The molecule has 8 aromatic rings. The highest BCUT2D eigenvalue weighted by molar-refractivity contribution is 6.28. The average molecular weight is 672 g/mol. The molecule has 4 fully saturated rings. The summed E-state index contributed by atoms with van der Waals surface area (Å²) in [4.78, 5) is 2.75. The Hall–Kier alpha value is -5.60. The molecule has 0 N–H and O–H groups in total. The number of rotatable bonds is 6. The molecule has 0 amide bonds. The van der Waals surface area contributed by atoms with Crippen molar-refractivity contribution in [3.05, 3.63) is 158 Å². The Bertz CT molecular complexity index is 2550. The van der Waals surface area contributed by atoms with E-state index in [2.05, 4.69) is 163 Å². The molecule has 0 saturated heterocycles. The third kappa shape index (κ3) is 4.70. The second kappa shape index (κ2) is 11.7. The van der Waals surface area contributed by atoms with Gasteiger partial charge in [0.25, 0.3) is 0 Å². The zero-order chi connectivity index (χ0) is 34.2. The van der Waals surface area contributed by atoms with E-state index in [1.807, 2.05) is 0 Å². The molecule has 2 nitrogen and oxygen atoms in total. The highest BCUT2D eigenvalue weighted by Gasteiger charge is 2.54. The van der Waals surface area contributed by atoms with Crippen LogP contribution in [0.25, 0.3) is 66.1 Å². The molecule has 7 aromatic carbocycles. The van der Waals surface area contributed by atoms with Gasteiger partial charge in [0.2, 0.25) is 0 Å². The van der Waals surface area contributed by atoms with Crippen LogP contribution in [-0.4, -0.2) is 5.54 Å². The minimum Gasteiger partial charge on any atom is -0.455 e. The summed E-state index contributed by atoms with van der Waals surface area (Å²) in [5.74, 6) is 3.58. The van der Waals surface area contributed by atoms with Crippen LogP contribution in [0.4, 0.5) is 11.4 Å². The largest absolute Gasteiger partial charge is 0.455 e. The van der Waals surface area contributed by atoms with Crippen LogP contribution in [0, 0.1) is 17.8 Å². The first-order chi connectivity index (χ1) is 25.7. The molecule has 4 aliphatic rings. The Morgan fingerprint density at radius 2 is 0.981 bits per heavy atom. The fourth-order valence-corrected chi connectivity index (χ4v) is 11.0. The van der Waals surface area contributed by atoms with Gasteiger partial charge in [-0.25, -0.2) is 0 Å². The molecule has 4 saturated carbocycles.